The predicted octanol–water partition coefficient (Wildman–Crippen LogP) is 2.87. The summed E-state index contributed by atoms with van der Waals surface area (Å²) < 4.78 is 12.8. The first kappa shape index (κ1) is 7.52. The number of rotatable bonds is 1. The number of halogens is 1. The molecule has 1 aliphatic carbocycles. The molecule has 0 nitrogen and oxygen atoms in total. The van der Waals surface area contributed by atoms with Crippen LogP contribution in [-0.4, -0.2) is 6.17 Å². The van der Waals surface area contributed by atoms with E-state index in [-0.39, 0.29) is 5.92 Å². The van der Waals surface area contributed by atoms with Crippen LogP contribution in [-0.2, 0) is 0 Å². The molecule has 0 radical (unpaired) electrons. The van der Waals surface area contributed by atoms with Crippen molar-refractivity contribution in [2.75, 3.05) is 0 Å². The minimum absolute atomic E-state index is 0.0694. The Morgan fingerprint density at radius 2 is 2.30 bits per heavy atom. The molecule has 0 aromatic heterocycles. The maximum absolute atomic E-state index is 12.8. The summed E-state index contributed by atoms with van der Waals surface area (Å²) in [6.45, 7) is 3.99. The number of hydrogen-bond acceptors (Lipinski definition) is 0. The van der Waals surface area contributed by atoms with Crippen molar-refractivity contribution >= 4 is 0 Å². The molecule has 1 rings (SSSR count). The summed E-state index contributed by atoms with van der Waals surface area (Å²) in [5.74, 6) is 0.0694. The van der Waals surface area contributed by atoms with Gasteiger partial charge in [0, 0.05) is 5.92 Å². The van der Waals surface area contributed by atoms with Gasteiger partial charge in [-0.05, 0) is 12.5 Å². The van der Waals surface area contributed by atoms with E-state index in [0.717, 1.165) is 6.42 Å². The lowest BCUT2D eigenvalue weighted by atomic mass is 9.95. The van der Waals surface area contributed by atoms with Crippen molar-refractivity contribution in [2.24, 2.45) is 5.92 Å². The second kappa shape index (κ2) is 3.00. The van der Waals surface area contributed by atoms with Gasteiger partial charge in [0.1, 0.15) is 6.17 Å². The summed E-state index contributed by atoms with van der Waals surface area (Å²) >= 11 is 0. The Labute approximate surface area is 61.4 Å². The van der Waals surface area contributed by atoms with Crippen LogP contribution in [0.5, 0.6) is 0 Å². The second-order valence-corrected chi connectivity index (χ2v) is 2.76. The minimum atomic E-state index is -0.768. The molecule has 0 fully saturated rings. The molecule has 56 valence electrons. The summed E-state index contributed by atoms with van der Waals surface area (Å²) in [7, 11) is 0. The third-order valence-electron chi connectivity index (χ3n) is 1.88. The fourth-order valence-corrected chi connectivity index (χ4v) is 1.11. The van der Waals surface area contributed by atoms with Gasteiger partial charge in [-0.2, -0.15) is 0 Å². The van der Waals surface area contributed by atoms with E-state index in [2.05, 4.69) is 6.92 Å². The highest BCUT2D eigenvalue weighted by molar-refractivity contribution is 5.25. The van der Waals surface area contributed by atoms with Gasteiger partial charge in [0.15, 0.2) is 0 Å². The van der Waals surface area contributed by atoms with Crippen LogP contribution in [0, 0.1) is 5.92 Å². The highest BCUT2D eigenvalue weighted by Gasteiger charge is 2.13. The van der Waals surface area contributed by atoms with Crippen molar-refractivity contribution in [3.8, 4) is 0 Å². The molecule has 1 aliphatic rings. The molecule has 10 heavy (non-hydrogen) atoms. The first-order valence-electron chi connectivity index (χ1n) is 3.77. The average molecular weight is 140 g/mol. The highest BCUT2D eigenvalue weighted by Crippen LogP contribution is 2.20. The fraction of sp³-hybridized carbons (Fsp3) is 0.556. The predicted molar refractivity (Wildman–Crippen MR) is 41.6 cm³/mol. The smallest absolute Gasteiger partial charge is 0.125 e. The molecular formula is C9H13F. The molecule has 2 atom stereocenters. The largest absolute Gasteiger partial charge is 0.242 e. The van der Waals surface area contributed by atoms with E-state index in [1.54, 1.807) is 6.08 Å². The Kier molecular flexibility index (Phi) is 2.25. The molecular weight excluding hydrogens is 127 g/mol. The Hall–Kier alpha value is -0.590. The molecule has 0 saturated carbocycles. The molecule has 0 bridgehead atoms. The van der Waals surface area contributed by atoms with E-state index in [9.17, 15) is 4.39 Å². The van der Waals surface area contributed by atoms with Gasteiger partial charge in [0.05, 0.1) is 0 Å². The Bertz CT molecular complexity index is 168. The Balaban J connectivity index is 2.66. The van der Waals surface area contributed by atoms with Crippen molar-refractivity contribution < 1.29 is 4.39 Å². The number of alkyl halides is 1. The highest BCUT2D eigenvalue weighted by atomic mass is 19.1. The fourth-order valence-electron chi connectivity index (χ4n) is 1.11. The zero-order chi connectivity index (χ0) is 7.56. The van der Waals surface area contributed by atoms with E-state index in [0.29, 0.717) is 0 Å². The van der Waals surface area contributed by atoms with E-state index >= 15 is 0 Å². The van der Waals surface area contributed by atoms with Crippen molar-refractivity contribution in [1.82, 2.24) is 0 Å². The van der Waals surface area contributed by atoms with Crippen LogP contribution in [0.25, 0.3) is 0 Å². The van der Waals surface area contributed by atoms with Gasteiger partial charge < -0.3 is 0 Å². The van der Waals surface area contributed by atoms with Crippen LogP contribution in [0.4, 0.5) is 4.39 Å². The van der Waals surface area contributed by atoms with Gasteiger partial charge in [-0.25, -0.2) is 4.39 Å². The summed E-state index contributed by atoms with van der Waals surface area (Å²) in [5.41, 5.74) is 1.25. The number of hydrogen-bond donors (Lipinski definition) is 0. The van der Waals surface area contributed by atoms with Gasteiger partial charge in [-0.15, -0.1) is 0 Å². The lowest BCUT2D eigenvalue weighted by molar-refractivity contribution is 0.332. The molecule has 0 N–H and O–H groups in total. The van der Waals surface area contributed by atoms with Crippen molar-refractivity contribution in [2.45, 2.75) is 26.4 Å². The van der Waals surface area contributed by atoms with Gasteiger partial charge in [-0.1, -0.05) is 31.6 Å². The summed E-state index contributed by atoms with van der Waals surface area (Å²) in [6, 6.07) is 0. The Morgan fingerprint density at radius 1 is 1.60 bits per heavy atom. The standard InChI is InChI=1S/C9H13F/c1-3-8-4-5-9(10)7(2)6-8/h4-7,9H,3H2,1-2H3. The Morgan fingerprint density at radius 3 is 2.80 bits per heavy atom. The minimum Gasteiger partial charge on any atom is -0.242 e. The van der Waals surface area contributed by atoms with Crippen LogP contribution in [0.15, 0.2) is 23.8 Å². The van der Waals surface area contributed by atoms with E-state index in [1.165, 1.54) is 5.57 Å². The molecule has 0 heterocycles. The molecule has 1 heteroatoms. The molecule has 0 aromatic rings. The zero-order valence-corrected chi connectivity index (χ0v) is 6.47. The normalized spacial score (nSPS) is 32.1. The molecule has 0 aliphatic heterocycles. The van der Waals surface area contributed by atoms with Gasteiger partial charge in [-0.3, -0.25) is 0 Å². The molecule has 0 aromatic carbocycles. The average Bonchev–Trinajstić information content (AvgIpc) is 1.95. The monoisotopic (exact) mass is 140 g/mol. The summed E-state index contributed by atoms with van der Waals surface area (Å²) in [4.78, 5) is 0. The maximum atomic E-state index is 12.8. The molecule has 0 spiro atoms. The van der Waals surface area contributed by atoms with Crippen LogP contribution < -0.4 is 0 Å². The third-order valence-corrected chi connectivity index (χ3v) is 1.88. The van der Waals surface area contributed by atoms with Crippen molar-refractivity contribution in [3.05, 3.63) is 23.8 Å². The topological polar surface area (TPSA) is 0 Å². The van der Waals surface area contributed by atoms with E-state index < -0.39 is 6.17 Å². The first-order valence-corrected chi connectivity index (χ1v) is 3.77. The molecule has 2 unspecified atom stereocenters. The van der Waals surface area contributed by atoms with Gasteiger partial charge in [0.2, 0.25) is 0 Å². The van der Waals surface area contributed by atoms with Crippen LogP contribution in [0.3, 0.4) is 0 Å². The second-order valence-electron chi connectivity index (χ2n) is 2.76. The van der Waals surface area contributed by atoms with Crippen LogP contribution in [0.1, 0.15) is 20.3 Å². The summed E-state index contributed by atoms with van der Waals surface area (Å²) in [5, 5.41) is 0. The lowest BCUT2D eigenvalue weighted by Gasteiger charge is -2.14. The summed E-state index contributed by atoms with van der Waals surface area (Å²) in [6.07, 6.45) is 5.77. The zero-order valence-electron chi connectivity index (χ0n) is 6.47. The van der Waals surface area contributed by atoms with E-state index in [4.69, 9.17) is 0 Å². The molecule has 0 amide bonds. The first-order chi connectivity index (χ1) is 4.74. The quantitative estimate of drug-likeness (QED) is 0.525. The lowest BCUT2D eigenvalue weighted by Crippen LogP contribution is -2.10. The van der Waals surface area contributed by atoms with Crippen LogP contribution in [0.2, 0.25) is 0 Å². The molecule has 0 saturated heterocycles. The van der Waals surface area contributed by atoms with Gasteiger partial charge >= 0.3 is 0 Å². The van der Waals surface area contributed by atoms with Crippen molar-refractivity contribution in [1.29, 1.82) is 0 Å². The SMILES string of the molecule is CCC1=CC(C)C(F)C=C1. The van der Waals surface area contributed by atoms with Crippen LogP contribution >= 0.6 is 0 Å². The van der Waals surface area contributed by atoms with Gasteiger partial charge in [0.25, 0.3) is 0 Å². The van der Waals surface area contributed by atoms with E-state index in [1.807, 2.05) is 19.1 Å². The third kappa shape index (κ3) is 1.47. The number of allylic oxidation sites excluding steroid dienone is 4. The van der Waals surface area contributed by atoms with Crippen molar-refractivity contribution in [3.63, 3.8) is 0 Å². The maximum Gasteiger partial charge on any atom is 0.125 e.